The number of fused-ring (bicyclic) bond motifs is 1. The van der Waals surface area contributed by atoms with Crippen LogP contribution in [0.4, 0.5) is 0 Å². The maximum Gasteiger partial charge on any atom is 0.128 e. The molecule has 106 valence electrons. The molecule has 1 aliphatic heterocycles. The van der Waals surface area contributed by atoms with Crippen LogP contribution in [-0.4, -0.2) is 5.60 Å². The smallest absolute Gasteiger partial charge is 0.128 e. The lowest BCUT2D eigenvalue weighted by atomic mass is 9.86. The maximum absolute atomic E-state index is 6.09. The summed E-state index contributed by atoms with van der Waals surface area (Å²) in [6.07, 6.45) is 12.6. The van der Waals surface area contributed by atoms with Crippen molar-refractivity contribution >= 4 is 5.57 Å². The number of hydrogen-bond donors (Lipinski definition) is 0. The van der Waals surface area contributed by atoms with Crippen LogP contribution in [0.15, 0.2) is 42.0 Å². The van der Waals surface area contributed by atoms with E-state index >= 15 is 0 Å². The molecule has 0 unspecified atom stereocenters. The summed E-state index contributed by atoms with van der Waals surface area (Å²) in [4.78, 5) is 0. The van der Waals surface area contributed by atoms with Crippen molar-refractivity contribution < 1.29 is 4.74 Å². The Morgan fingerprint density at radius 2 is 1.80 bits per heavy atom. The van der Waals surface area contributed by atoms with Gasteiger partial charge in [0.1, 0.15) is 11.4 Å². The molecule has 1 heteroatoms. The van der Waals surface area contributed by atoms with Gasteiger partial charge in [-0.3, -0.25) is 0 Å². The van der Waals surface area contributed by atoms with Crippen molar-refractivity contribution in [2.75, 3.05) is 0 Å². The van der Waals surface area contributed by atoms with Crippen LogP contribution in [0, 0.1) is 0 Å². The standard InChI is InChI=1S/C19H24O/c1-19(2)14-17(15-10-6-4-3-5-7-11-15)16-12-8-9-13-18(16)20-19/h8-10,12-14H,3-7,11H2,1-2H3/b15-10+. The van der Waals surface area contributed by atoms with Gasteiger partial charge in [-0.1, -0.05) is 37.1 Å². The number of allylic oxidation sites excluding steroid dienone is 3. The molecule has 0 amide bonds. The van der Waals surface area contributed by atoms with Gasteiger partial charge in [0.2, 0.25) is 0 Å². The minimum atomic E-state index is -0.215. The van der Waals surface area contributed by atoms with Crippen molar-refractivity contribution in [3.8, 4) is 5.75 Å². The molecule has 0 bridgehead atoms. The summed E-state index contributed by atoms with van der Waals surface area (Å²) in [6.45, 7) is 4.29. The summed E-state index contributed by atoms with van der Waals surface area (Å²) in [6, 6.07) is 8.45. The third kappa shape index (κ3) is 2.82. The van der Waals surface area contributed by atoms with Gasteiger partial charge in [0.25, 0.3) is 0 Å². The zero-order chi connectivity index (χ0) is 14.0. The lowest BCUT2D eigenvalue weighted by molar-refractivity contribution is 0.158. The summed E-state index contributed by atoms with van der Waals surface area (Å²) in [5.41, 5.74) is 3.97. The van der Waals surface area contributed by atoms with Crippen LogP contribution in [0.3, 0.4) is 0 Å². The normalized spacial score (nSPS) is 24.3. The number of benzene rings is 1. The average molecular weight is 268 g/mol. The van der Waals surface area contributed by atoms with Crippen molar-refractivity contribution in [3.63, 3.8) is 0 Å². The van der Waals surface area contributed by atoms with Gasteiger partial charge in [-0.2, -0.15) is 0 Å². The molecule has 0 spiro atoms. The van der Waals surface area contributed by atoms with Gasteiger partial charge < -0.3 is 4.74 Å². The van der Waals surface area contributed by atoms with E-state index < -0.39 is 0 Å². The van der Waals surface area contributed by atoms with E-state index in [2.05, 4.69) is 50.3 Å². The highest BCUT2D eigenvalue weighted by Gasteiger charge is 2.27. The Kier molecular flexibility index (Phi) is 3.69. The molecule has 0 radical (unpaired) electrons. The van der Waals surface area contributed by atoms with Crippen LogP contribution in [0.2, 0.25) is 0 Å². The van der Waals surface area contributed by atoms with Gasteiger partial charge >= 0.3 is 0 Å². The van der Waals surface area contributed by atoms with Crippen LogP contribution in [0.5, 0.6) is 5.75 Å². The maximum atomic E-state index is 6.09. The molecule has 1 aromatic rings. The van der Waals surface area contributed by atoms with E-state index in [4.69, 9.17) is 4.74 Å². The molecule has 1 aromatic carbocycles. The van der Waals surface area contributed by atoms with Crippen LogP contribution < -0.4 is 4.74 Å². The van der Waals surface area contributed by atoms with Gasteiger partial charge in [-0.05, 0) is 62.8 Å². The number of para-hydroxylation sites is 1. The van der Waals surface area contributed by atoms with E-state index in [1.165, 1.54) is 55.2 Å². The first-order chi connectivity index (χ1) is 9.66. The molecular formula is C19H24O. The van der Waals surface area contributed by atoms with Gasteiger partial charge in [-0.15, -0.1) is 0 Å². The average Bonchev–Trinajstić information content (AvgIpc) is 2.36. The molecule has 1 aliphatic carbocycles. The quantitative estimate of drug-likeness (QED) is 0.651. The summed E-state index contributed by atoms with van der Waals surface area (Å²) in [5.74, 6) is 1.03. The van der Waals surface area contributed by atoms with E-state index in [9.17, 15) is 0 Å². The highest BCUT2D eigenvalue weighted by atomic mass is 16.5. The van der Waals surface area contributed by atoms with Gasteiger partial charge in [0, 0.05) is 5.56 Å². The van der Waals surface area contributed by atoms with Gasteiger partial charge in [0.05, 0.1) is 0 Å². The second kappa shape index (κ2) is 5.47. The minimum absolute atomic E-state index is 0.215. The SMILES string of the molecule is CC1(C)C=C(/C2=C/CCCCCC2)c2ccccc2O1. The van der Waals surface area contributed by atoms with Gasteiger partial charge in [-0.25, -0.2) is 0 Å². The van der Waals surface area contributed by atoms with E-state index in [0.29, 0.717) is 0 Å². The summed E-state index contributed by atoms with van der Waals surface area (Å²) < 4.78 is 6.09. The van der Waals surface area contributed by atoms with Gasteiger partial charge in [0.15, 0.2) is 0 Å². The molecule has 1 heterocycles. The molecule has 0 N–H and O–H groups in total. The first-order valence-corrected chi connectivity index (χ1v) is 7.86. The van der Waals surface area contributed by atoms with Crippen molar-refractivity contribution in [2.45, 2.75) is 58.0 Å². The first-order valence-electron chi connectivity index (χ1n) is 7.86. The van der Waals surface area contributed by atoms with Crippen molar-refractivity contribution in [2.24, 2.45) is 0 Å². The monoisotopic (exact) mass is 268 g/mol. The number of hydrogen-bond acceptors (Lipinski definition) is 1. The summed E-state index contributed by atoms with van der Waals surface area (Å²) >= 11 is 0. The molecule has 0 saturated carbocycles. The second-order valence-electron chi connectivity index (χ2n) is 6.44. The Bertz CT molecular complexity index is 549. The van der Waals surface area contributed by atoms with Crippen molar-refractivity contribution in [3.05, 3.63) is 47.6 Å². The molecule has 1 nitrogen and oxygen atoms in total. The summed E-state index contributed by atoms with van der Waals surface area (Å²) in [5, 5.41) is 0. The Labute approximate surface area is 122 Å². The molecule has 0 saturated heterocycles. The van der Waals surface area contributed by atoms with Crippen molar-refractivity contribution in [1.82, 2.24) is 0 Å². The Balaban J connectivity index is 2.03. The molecule has 0 aromatic heterocycles. The van der Waals surface area contributed by atoms with Crippen LogP contribution in [0.1, 0.15) is 57.9 Å². The third-order valence-electron chi connectivity index (χ3n) is 4.18. The lowest BCUT2D eigenvalue weighted by Gasteiger charge is -2.32. The second-order valence-corrected chi connectivity index (χ2v) is 6.44. The minimum Gasteiger partial charge on any atom is -0.483 e. The Morgan fingerprint density at radius 3 is 2.70 bits per heavy atom. The topological polar surface area (TPSA) is 9.23 Å². The van der Waals surface area contributed by atoms with E-state index in [0.717, 1.165) is 5.75 Å². The molecule has 0 fully saturated rings. The highest BCUT2D eigenvalue weighted by Crippen LogP contribution is 2.41. The Hall–Kier alpha value is -1.50. The molecule has 0 atom stereocenters. The van der Waals surface area contributed by atoms with E-state index in [1.807, 2.05) is 0 Å². The zero-order valence-corrected chi connectivity index (χ0v) is 12.6. The zero-order valence-electron chi connectivity index (χ0n) is 12.6. The third-order valence-corrected chi connectivity index (χ3v) is 4.18. The predicted octanol–water partition coefficient (Wildman–Crippen LogP) is 5.52. The number of ether oxygens (including phenoxy) is 1. The lowest BCUT2D eigenvalue weighted by Crippen LogP contribution is -2.29. The molecule has 2 aliphatic rings. The number of rotatable bonds is 1. The molecule has 20 heavy (non-hydrogen) atoms. The van der Waals surface area contributed by atoms with Crippen LogP contribution in [-0.2, 0) is 0 Å². The summed E-state index contributed by atoms with van der Waals surface area (Å²) in [7, 11) is 0. The van der Waals surface area contributed by atoms with Crippen molar-refractivity contribution in [1.29, 1.82) is 0 Å². The first kappa shape index (κ1) is 13.5. The van der Waals surface area contributed by atoms with Crippen LogP contribution >= 0.6 is 0 Å². The fraction of sp³-hybridized carbons (Fsp3) is 0.474. The van der Waals surface area contributed by atoms with Crippen LogP contribution in [0.25, 0.3) is 5.57 Å². The molecule has 3 rings (SSSR count). The largest absolute Gasteiger partial charge is 0.483 e. The van der Waals surface area contributed by atoms with E-state index in [1.54, 1.807) is 0 Å². The highest BCUT2D eigenvalue weighted by molar-refractivity contribution is 5.84. The predicted molar refractivity (Wildman–Crippen MR) is 84.9 cm³/mol. The molecular weight excluding hydrogens is 244 g/mol. The Morgan fingerprint density at radius 1 is 1.00 bits per heavy atom. The fourth-order valence-electron chi connectivity index (χ4n) is 3.22. The fourth-order valence-corrected chi connectivity index (χ4v) is 3.22. The van der Waals surface area contributed by atoms with E-state index in [-0.39, 0.29) is 5.60 Å².